The van der Waals surface area contributed by atoms with Crippen LogP contribution in [-0.2, 0) is 17.8 Å². The Morgan fingerprint density at radius 1 is 0.938 bits per heavy atom. The molecule has 3 aliphatic rings. The van der Waals surface area contributed by atoms with E-state index in [9.17, 15) is 0 Å². The predicted molar refractivity (Wildman–Crippen MR) is 123 cm³/mol. The number of fused-ring (bicyclic) bond motifs is 2. The molecule has 6 rings (SSSR count). The van der Waals surface area contributed by atoms with Crippen molar-refractivity contribution >= 4 is 5.82 Å². The van der Waals surface area contributed by atoms with Crippen molar-refractivity contribution in [1.29, 1.82) is 0 Å². The smallest absolute Gasteiger partial charge is 0.147 e. The Bertz CT molecular complexity index is 1030. The fraction of sp³-hybridized carbons (Fsp3) is 0.480. The Morgan fingerprint density at radius 2 is 1.78 bits per heavy atom. The average molecular weight is 431 g/mol. The van der Waals surface area contributed by atoms with Gasteiger partial charge in [-0.1, -0.05) is 36.4 Å². The minimum Gasteiger partial charge on any atom is -0.375 e. The Labute approximate surface area is 189 Å². The molecule has 3 saturated heterocycles. The summed E-state index contributed by atoms with van der Waals surface area (Å²) in [6.07, 6.45) is 5.59. The summed E-state index contributed by atoms with van der Waals surface area (Å²) < 4.78 is 8.19. The molecule has 3 aliphatic heterocycles. The Morgan fingerprint density at radius 3 is 2.50 bits per heavy atom. The number of rotatable bonds is 6. The van der Waals surface area contributed by atoms with Crippen LogP contribution in [0.25, 0.3) is 0 Å². The van der Waals surface area contributed by atoms with Gasteiger partial charge in [-0.25, -0.2) is 4.98 Å². The van der Waals surface area contributed by atoms with Gasteiger partial charge in [0.2, 0.25) is 0 Å². The highest BCUT2D eigenvalue weighted by atomic mass is 16.5. The summed E-state index contributed by atoms with van der Waals surface area (Å²) in [4.78, 5) is 9.45. The Hall–Kier alpha value is -2.77. The van der Waals surface area contributed by atoms with Crippen molar-refractivity contribution in [3.63, 3.8) is 0 Å². The molecule has 0 radical (unpaired) electrons. The van der Waals surface area contributed by atoms with Gasteiger partial charge in [-0.2, -0.15) is 0 Å². The van der Waals surface area contributed by atoms with Crippen molar-refractivity contribution in [2.24, 2.45) is 0 Å². The monoisotopic (exact) mass is 430 g/mol. The van der Waals surface area contributed by atoms with Gasteiger partial charge in [-0.05, 0) is 37.0 Å². The summed E-state index contributed by atoms with van der Waals surface area (Å²) in [6.45, 7) is 5.57. The topological polar surface area (TPSA) is 59.3 Å². The molecule has 2 aromatic heterocycles. The minimum atomic E-state index is 0.404. The van der Waals surface area contributed by atoms with Crippen molar-refractivity contribution in [3.05, 3.63) is 71.9 Å². The lowest BCUT2D eigenvalue weighted by atomic mass is 9.95. The Kier molecular flexibility index (Phi) is 5.37. The molecule has 3 fully saturated rings. The second kappa shape index (κ2) is 8.64. The normalized spacial score (nSPS) is 23.8. The molecule has 7 nitrogen and oxygen atoms in total. The summed E-state index contributed by atoms with van der Waals surface area (Å²) in [5.74, 6) is 3.73. The van der Waals surface area contributed by atoms with E-state index < -0.39 is 0 Å². The van der Waals surface area contributed by atoms with Crippen LogP contribution in [0.5, 0.6) is 0 Å². The van der Waals surface area contributed by atoms with Gasteiger partial charge >= 0.3 is 0 Å². The predicted octanol–water partition coefficient (Wildman–Crippen LogP) is 3.08. The number of piperidine rings is 1. The molecule has 7 heteroatoms. The highest BCUT2D eigenvalue weighted by Crippen LogP contribution is 2.32. The second-order valence-corrected chi connectivity index (χ2v) is 9.27. The van der Waals surface area contributed by atoms with Crippen LogP contribution in [0, 0.1) is 0 Å². The third-order valence-corrected chi connectivity index (χ3v) is 7.23. The fourth-order valence-corrected chi connectivity index (χ4v) is 5.47. The number of morpholine rings is 1. The lowest BCUT2D eigenvalue weighted by molar-refractivity contribution is 0.0259. The van der Waals surface area contributed by atoms with Gasteiger partial charge in [0, 0.05) is 37.8 Å². The number of nitrogens with zero attached hydrogens (tertiary/aromatic N) is 6. The second-order valence-electron chi connectivity index (χ2n) is 9.27. The van der Waals surface area contributed by atoms with Gasteiger partial charge in [0.1, 0.15) is 17.5 Å². The van der Waals surface area contributed by atoms with E-state index in [1.807, 2.05) is 12.3 Å². The molecule has 1 aromatic carbocycles. The number of ether oxygens (including phenoxy) is 1. The van der Waals surface area contributed by atoms with Crippen molar-refractivity contribution < 1.29 is 4.74 Å². The van der Waals surface area contributed by atoms with Crippen LogP contribution < -0.4 is 4.90 Å². The van der Waals surface area contributed by atoms with E-state index in [0.29, 0.717) is 18.1 Å². The van der Waals surface area contributed by atoms with Gasteiger partial charge in [0.05, 0.1) is 25.8 Å². The molecule has 166 valence electrons. The maximum atomic E-state index is 5.80. The zero-order valence-electron chi connectivity index (χ0n) is 18.4. The van der Waals surface area contributed by atoms with Crippen molar-refractivity contribution in [2.75, 3.05) is 31.1 Å². The summed E-state index contributed by atoms with van der Waals surface area (Å²) in [5, 5.41) is 9.48. The molecule has 3 aromatic rings. The van der Waals surface area contributed by atoms with Gasteiger partial charge in [0.25, 0.3) is 0 Å². The van der Waals surface area contributed by atoms with Crippen LogP contribution >= 0.6 is 0 Å². The molecular weight excluding hydrogens is 400 g/mol. The van der Waals surface area contributed by atoms with E-state index >= 15 is 0 Å². The van der Waals surface area contributed by atoms with E-state index in [4.69, 9.17) is 14.9 Å². The molecule has 2 atom stereocenters. The number of anilines is 1. The van der Waals surface area contributed by atoms with Crippen molar-refractivity contribution in [2.45, 2.75) is 50.4 Å². The third kappa shape index (κ3) is 3.91. The highest BCUT2D eigenvalue weighted by Gasteiger charge is 2.39. The van der Waals surface area contributed by atoms with E-state index in [0.717, 1.165) is 76.1 Å². The molecule has 2 bridgehead atoms. The Balaban J connectivity index is 1.22. The maximum Gasteiger partial charge on any atom is 0.147 e. The molecule has 0 spiro atoms. The molecular formula is C25H30N6O. The van der Waals surface area contributed by atoms with Crippen LogP contribution in [0.15, 0.2) is 54.7 Å². The lowest BCUT2D eigenvalue weighted by Gasteiger charge is -2.32. The molecule has 0 aliphatic carbocycles. The number of hydrogen-bond acceptors (Lipinski definition) is 6. The van der Waals surface area contributed by atoms with E-state index in [-0.39, 0.29) is 0 Å². The minimum absolute atomic E-state index is 0.404. The molecule has 0 N–H and O–H groups in total. The summed E-state index contributed by atoms with van der Waals surface area (Å²) in [7, 11) is 0. The molecule has 0 unspecified atom stereocenters. The van der Waals surface area contributed by atoms with Gasteiger partial charge in [-0.3, -0.25) is 4.90 Å². The van der Waals surface area contributed by atoms with E-state index in [1.165, 1.54) is 5.56 Å². The van der Waals surface area contributed by atoms with Crippen LogP contribution in [0.3, 0.4) is 0 Å². The third-order valence-electron chi connectivity index (χ3n) is 7.23. The van der Waals surface area contributed by atoms with Gasteiger partial charge < -0.3 is 14.2 Å². The highest BCUT2D eigenvalue weighted by molar-refractivity contribution is 5.38. The average Bonchev–Trinajstić information content (AvgIpc) is 3.58. The van der Waals surface area contributed by atoms with Crippen LogP contribution in [0.1, 0.15) is 42.4 Å². The molecule has 5 heterocycles. The van der Waals surface area contributed by atoms with E-state index in [2.05, 4.69) is 61.8 Å². The number of likely N-dealkylation sites (tertiary alicyclic amines) is 1. The van der Waals surface area contributed by atoms with E-state index in [1.54, 1.807) is 0 Å². The summed E-state index contributed by atoms with van der Waals surface area (Å²) in [5.41, 5.74) is 1.30. The van der Waals surface area contributed by atoms with Crippen molar-refractivity contribution in [1.82, 2.24) is 24.6 Å². The van der Waals surface area contributed by atoms with Crippen molar-refractivity contribution in [3.8, 4) is 0 Å². The molecule has 0 saturated carbocycles. The maximum absolute atomic E-state index is 5.80. The van der Waals surface area contributed by atoms with Crippen LogP contribution in [0.4, 0.5) is 5.82 Å². The number of pyridine rings is 1. The quantitative estimate of drug-likeness (QED) is 0.599. The van der Waals surface area contributed by atoms with Crippen LogP contribution in [0.2, 0.25) is 0 Å². The molecule has 32 heavy (non-hydrogen) atoms. The standard InChI is InChI=1S/C25H30N6O/c1-2-6-19(7-3-1)15-31-24(17-30-16-22-14-21(30)18-32-22)27-28-25(31)20-9-12-29(13-10-20)23-8-4-5-11-26-23/h1-8,11,20-22H,9-10,12-18H2/t21-,22-/m1/s1. The zero-order valence-corrected chi connectivity index (χ0v) is 18.4. The van der Waals surface area contributed by atoms with Crippen LogP contribution in [-0.4, -0.2) is 63.0 Å². The van der Waals surface area contributed by atoms with Gasteiger partial charge in [-0.15, -0.1) is 10.2 Å². The van der Waals surface area contributed by atoms with Gasteiger partial charge in [0.15, 0.2) is 0 Å². The fourth-order valence-electron chi connectivity index (χ4n) is 5.47. The first-order chi connectivity index (χ1) is 15.8. The first-order valence-corrected chi connectivity index (χ1v) is 11.8. The summed E-state index contributed by atoms with van der Waals surface area (Å²) >= 11 is 0. The lowest BCUT2D eigenvalue weighted by Crippen LogP contribution is -2.37. The molecule has 0 amide bonds. The number of aromatic nitrogens is 4. The number of hydrogen-bond donors (Lipinski definition) is 0. The zero-order chi connectivity index (χ0) is 21.3. The SMILES string of the molecule is c1ccc(Cn2c(CN3C[C@H]4C[C@@H]3CO4)nnc2C2CCN(c3ccccn3)CC2)cc1. The first-order valence-electron chi connectivity index (χ1n) is 11.8. The summed E-state index contributed by atoms with van der Waals surface area (Å²) in [6, 6.07) is 17.4. The number of benzene rings is 1. The first kappa shape index (κ1) is 19.9. The largest absolute Gasteiger partial charge is 0.375 e.